The van der Waals surface area contributed by atoms with Crippen LogP contribution in [0.3, 0.4) is 0 Å². The Morgan fingerprint density at radius 3 is 1.19 bits per heavy atom. The van der Waals surface area contributed by atoms with Gasteiger partial charge in [-0.1, -0.05) is 73.5 Å². The van der Waals surface area contributed by atoms with Crippen LogP contribution < -0.4 is 22.9 Å². The van der Waals surface area contributed by atoms with E-state index in [4.69, 9.17) is 27.7 Å². The molecule has 6 atom stereocenters. The minimum Gasteiger partial charge on any atom is -0.365 e. The van der Waals surface area contributed by atoms with Crippen molar-refractivity contribution >= 4 is 0 Å². The third-order valence-corrected chi connectivity index (χ3v) is 7.38. The molecule has 2 aromatic carbocycles. The molecule has 4 rings (SSSR count). The first-order chi connectivity index (χ1) is 15.1. The van der Waals surface area contributed by atoms with E-state index >= 15 is 0 Å². The molecule has 0 spiro atoms. The molecule has 31 heavy (non-hydrogen) atoms. The molecule has 0 heterocycles. The highest BCUT2D eigenvalue weighted by Gasteiger charge is 2.42. The number of nitrogens with two attached hydrogens (primary N) is 4. The normalized spacial score (nSPS) is 33.5. The van der Waals surface area contributed by atoms with Crippen LogP contribution in [0.2, 0.25) is 0 Å². The number of hydrogen-bond donors (Lipinski definition) is 4. The molecule has 0 saturated heterocycles. The van der Waals surface area contributed by atoms with Gasteiger partial charge < -0.3 is 27.7 Å². The summed E-state index contributed by atoms with van der Waals surface area (Å²) in [6.45, 7) is 0. The monoisotopic (exact) mass is 422 g/mol. The second-order valence-electron chi connectivity index (χ2n) is 9.47. The molecule has 2 saturated carbocycles. The second kappa shape index (κ2) is 10.2. The van der Waals surface area contributed by atoms with Crippen molar-refractivity contribution in [3.8, 4) is 0 Å². The fraction of sp³-hybridized carbons (Fsp3) is 0.538. The molecule has 5 nitrogen and oxygen atoms in total. The third-order valence-electron chi connectivity index (χ3n) is 7.38. The van der Waals surface area contributed by atoms with E-state index < -0.39 is 0 Å². The smallest absolute Gasteiger partial charge is 0.0891 e. The van der Waals surface area contributed by atoms with Crippen LogP contribution in [0.25, 0.3) is 0 Å². The summed E-state index contributed by atoms with van der Waals surface area (Å²) in [5.74, 6) is 0.108. The Kier molecular flexibility index (Phi) is 7.41. The summed E-state index contributed by atoms with van der Waals surface area (Å²) in [6.07, 6.45) is 5.65. The number of ether oxygens (including phenoxy) is 1. The molecule has 6 unspecified atom stereocenters. The first-order valence-electron chi connectivity index (χ1n) is 11.8. The maximum absolute atomic E-state index is 7.06. The summed E-state index contributed by atoms with van der Waals surface area (Å²) in [4.78, 5) is 0. The average Bonchev–Trinajstić information content (AvgIpc) is 2.78. The van der Waals surface area contributed by atoms with Crippen LogP contribution >= 0.6 is 0 Å². The summed E-state index contributed by atoms with van der Waals surface area (Å²) in [7, 11) is 0. The number of hydrogen-bond acceptors (Lipinski definition) is 5. The van der Waals surface area contributed by atoms with Crippen LogP contribution in [0, 0.1) is 11.8 Å². The van der Waals surface area contributed by atoms with Crippen LogP contribution in [-0.2, 0) is 4.74 Å². The van der Waals surface area contributed by atoms with Crippen LogP contribution in [0.1, 0.15) is 61.9 Å². The maximum Gasteiger partial charge on any atom is 0.0891 e. The molecule has 2 fully saturated rings. The van der Waals surface area contributed by atoms with Gasteiger partial charge in [-0.15, -0.1) is 0 Å². The van der Waals surface area contributed by atoms with Crippen molar-refractivity contribution < 1.29 is 4.74 Å². The molecule has 0 radical (unpaired) electrons. The minimum absolute atomic E-state index is 0.0130. The SMILES string of the molecule is NC1CCCC(N)C1C(OC(c1ccccc1)C1C(N)CCCC1N)c1ccccc1. The van der Waals surface area contributed by atoms with Gasteiger partial charge >= 0.3 is 0 Å². The highest BCUT2D eigenvalue weighted by atomic mass is 16.5. The van der Waals surface area contributed by atoms with Gasteiger partial charge in [-0.2, -0.15) is 0 Å². The summed E-state index contributed by atoms with van der Waals surface area (Å²) < 4.78 is 7.06. The van der Waals surface area contributed by atoms with Crippen molar-refractivity contribution in [2.45, 2.75) is 74.9 Å². The molecule has 168 valence electrons. The zero-order chi connectivity index (χ0) is 21.8. The van der Waals surface area contributed by atoms with Crippen molar-refractivity contribution in [2.24, 2.45) is 34.8 Å². The second-order valence-corrected chi connectivity index (χ2v) is 9.47. The average molecular weight is 423 g/mol. The van der Waals surface area contributed by atoms with Crippen molar-refractivity contribution in [2.75, 3.05) is 0 Å². The van der Waals surface area contributed by atoms with Gasteiger partial charge in [0.15, 0.2) is 0 Å². The lowest BCUT2D eigenvalue weighted by Crippen LogP contribution is -2.52. The number of benzene rings is 2. The molecule has 0 aromatic heterocycles. The molecular weight excluding hydrogens is 384 g/mol. The van der Waals surface area contributed by atoms with Crippen molar-refractivity contribution in [3.63, 3.8) is 0 Å². The summed E-state index contributed by atoms with van der Waals surface area (Å²) in [5, 5.41) is 0. The van der Waals surface area contributed by atoms with E-state index in [1.807, 2.05) is 12.1 Å². The molecule has 8 N–H and O–H groups in total. The van der Waals surface area contributed by atoms with E-state index in [9.17, 15) is 0 Å². The lowest BCUT2D eigenvalue weighted by molar-refractivity contribution is -0.0999. The van der Waals surface area contributed by atoms with E-state index in [0.717, 1.165) is 49.7 Å². The van der Waals surface area contributed by atoms with Crippen molar-refractivity contribution in [3.05, 3.63) is 71.8 Å². The van der Waals surface area contributed by atoms with Crippen LogP contribution in [0.15, 0.2) is 60.7 Å². The van der Waals surface area contributed by atoms with Gasteiger partial charge in [-0.05, 0) is 36.8 Å². The van der Waals surface area contributed by atoms with Gasteiger partial charge in [0.1, 0.15) is 0 Å². The van der Waals surface area contributed by atoms with Crippen LogP contribution in [-0.4, -0.2) is 24.2 Å². The molecule has 0 amide bonds. The molecule has 2 aromatic rings. The number of rotatable bonds is 6. The maximum atomic E-state index is 7.06. The predicted molar refractivity (Wildman–Crippen MR) is 126 cm³/mol. The predicted octanol–water partition coefficient (Wildman–Crippen LogP) is 3.40. The summed E-state index contributed by atoms with van der Waals surface area (Å²) >= 11 is 0. The van der Waals surface area contributed by atoms with Gasteiger partial charge in [0.05, 0.1) is 12.2 Å². The van der Waals surface area contributed by atoms with Crippen LogP contribution in [0.4, 0.5) is 0 Å². The molecule has 0 bridgehead atoms. The van der Waals surface area contributed by atoms with E-state index in [1.165, 1.54) is 0 Å². The fourth-order valence-electron chi connectivity index (χ4n) is 5.71. The lowest BCUT2D eigenvalue weighted by atomic mass is 9.74. The zero-order valence-electron chi connectivity index (χ0n) is 18.4. The highest BCUT2D eigenvalue weighted by molar-refractivity contribution is 5.23. The molecule has 5 heteroatoms. The zero-order valence-corrected chi connectivity index (χ0v) is 18.4. The largest absolute Gasteiger partial charge is 0.365 e. The Morgan fingerprint density at radius 2 is 0.871 bits per heavy atom. The summed E-state index contributed by atoms with van der Waals surface area (Å²) in [5.41, 5.74) is 28.8. The van der Waals surface area contributed by atoms with Gasteiger partial charge in [0.2, 0.25) is 0 Å². The Bertz CT molecular complexity index is 714. The van der Waals surface area contributed by atoms with Crippen molar-refractivity contribution in [1.29, 1.82) is 0 Å². The van der Waals surface area contributed by atoms with Gasteiger partial charge in [-0.3, -0.25) is 0 Å². The minimum atomic E-state index is -0.196. The van der Waals surface area contributed by atoms with Gasteiger partial charge in [0.25, 0.3) is 0 Å². The lowest BCUT2D eigenvalue weighted by Gasteiger charge is -2.45. The molecule has 0 aliphatic heterocycles. The highest BCUT2D eigenvalue weighted by Crippen LogP contribution is 2.43. The first-order valence-corrected chi connectivity index (χ1v) is 11.8. The molecule has 2 aliphatic carbocycles. The van der Waals surface area contributed by atoms with E-state index in [0.29, 0.717) is 0 Å². The van der Waals surface area contributed by atoms with Gasteiger partial charge in [0, 0.05) is 36.0 Å². The first kappa shape index (κ1) is 22.4. The topological polar surface area (TPSA) is 113 Å². The Hall–Kier alpha value is -1.76. The molecule has 2 aliphatic rings. The Labute approximate surface area is 186 Å². The summed E-state index contributed by atoms with van der Waals surface area (Å²) in [6, 6.07) is 20.8. The van der Waals surface area contributed by atoms with E-state index in [-0.39, 0.29) is 48.2 Å². The molecular formula is C26H38N4O. The van der Waals surface area contributed by atoms with E-state index in [1.54, 1.807) is 0 Å². The Morgan fingerprint density at radius 1 is 0.548 bits per heavy atom. The van der Waals surface area contributed by atoms with Crippen LogP contribution in [0.5, 0.6) is 0 Å². The van der Waals surface area contributed by atoms with Gasteiger partial charge in [-0.25, -0.2) is 0 Å². The quantitative estimate of drug-likeness (QED) is 0.570. The fourth-order valence-corrected chi connectivity index (χ4v) is 5.71. The standard InChI is InChI=1S/C26H38N4O/c27-19-13-7-14-20(28)23(19)25(17-9-3-1-4-10-17)31-26(18-11-5-2-6-12-18)24-21(29)15-8-16-22(24)30/h1-6,9-12,19-26H,7-8,13-16,27-30H2. The van der Waals surface area contributed by atoms with Crippen molar-refractivity contribution in [1.82, 2.24) is 0 Å². The Balaban J connectivity index is 1.73. The van der Waals surface area contributed by atoms with E-state index in [2.05, 4.69) is 48.5 Å². The third kappa shape index (κ3) is 5.02.